The Morgan fingerprint density at radius 2 is 1.71 bits per heavy atom. The molecule has 1 aromatic carbocycles. The maximum Gasteiger partial charge on any atom is 0.124 e. The normalized spacial score (nSPS) is 10.6. The van der Waals surface area contributed by atoms with Crippen LogP contribution in [0.2, 0.25) is 0 Å². The quantitative estimate of drug-likeness (QED) is 0.773. The second-order valence-corrected chi connectivity index (χ2v) is 4.18. The molecule has 0 aliphatic heterocycles. The predicted molar refractivity (Wildman–Crippen MR) is 74.8 cm³/mol. The lowest BCUT2D eigenvalue weighted by Gasteiger charge is -2.25. The van der Waals surface area contributed by atoms with Crippen LogP contribution in [0.3, 0.4) is 0 Å². The molecule has 3 heteroatoms. The average Bonchev–Trinajstić information content (AvgIpc) is 2.34. The van der Waals surface area contributed by atoms with Crippen LogP contribution in [0, 0.1) is 0 Å². The van der Waals surface area contributed by atoms with Gasteiger partial charge in [0.1, 0.15) is 5.75 Å². The van der Waals surface area contributed by atoms with E-state index < -0.39 is 0 Å². The molecule has 1 rings (SSSR count). The molecule has 0 radical (unpaired) electrons. The van der Waals surface area contributed by atoms with Gasteiger partial charge in [0.25, 0.3) is 0 Å². The van der Waals surface area contributed by atoms with Gasteiger partial charge in [-0.1, -0.05) is 13.8 Å². The smallest absolute Gasteiger partial charge is 0.124 e. The van der Waals surface area contributed by atoms with E-state index in [4.69, 9.17) is 5.73 Å². The molecule has 0 heterocycles. The highest BCUT2D eigenvalue weighted by Gasteiger charge is 2.16. The summed E-state index contributed by atoms with van der Waals surface area (Å²) in [6, 6.07) is 2.02. The van der Waals surface area contributed by atoms with Crippen LogP contribution >= 0.6 is 0 Å². The molecular weight excluding hydrogens is 212 g/mol. The molecule has 0 aliphatic carbocycles. The van der Waals surface area contributed by atoms with E-state index in [0.717, 1.165) is 48.4 Å². The summed E-state index contributed by atoms with van der Waals surface area (Å²) in [6.07, 6.45) is 1.59. The Morgan fingerprint density at radius 1 is 1.12 bits per heavy atom. The lowest BCUT2D eigenvalue weighted by molar-refractivity contribution is 0.463. The molecule has 1 aromatic rings. The number of hydrogen-bond acceptors (Lipinski definition) is 3. The van der Waals surface area contributed by atoms with Crippen LogP contribution in [0.25, 0.3) is 0 Å². The van der Waals surface area contributed by atoms with E-state index in [0.29, 0.717) is 5.75 Å². The second kappa shape index (κ2) is 5.80. The fourth-order valence-electron chi connectivity index (χ4n) is 2.24. The highest BCUT2D eigenvalue weighted by Crippen LogP contribution is 2.37. The van der Waals surface area contributed by atoms with Crippen molar-refractivity contribution >= 4 is 11.4 Å². The van der Waals surface area contributed by atoms with Gasteiger partial charge < -0.3 is 15.7 Å². The first-order valence-electron chi connectivity index (χ1n) is 6.48. The van der Waals surface area contributed by atoms with E-state index in [1.807, 2.05) is 13.0 Å². The second-order valence-electron chi connectivity index (χ2n) is 4.18. The highest BCUT2D eigenvalue weighted by atomic mass is 16.3. The van der Waals surface area contributed by atoms with Crippen LogP contribution in [0.5, 0.6) is 5.75 Å². The van der Waals surface area contributed by atoms with Crippen molar-refractivity contribution in [2.24, 2.45) is 0 Å². The fourth-order valence-corrected chi connectivity index (χ4v) is 2.24. The number of rotatable bonds is 5. The summed E-state index contributed by atoms with van der Waals surface area (Å²) in [5.41, 5.74) is 9.82. The molecule has 0 unspecified atom stereocenters. The summed E-state index contributed by atoms with van der Waals surface area (Å²) in [5, 5.41) is 10.1. The zero-order chi connectivity index (χ0) is 13.0. The molecule has 0 saturated carbocycles. The Balaban J connectivity index is 3.40. The molecule has 0 fully saturated rings. The standard InChI is InChI=1S/C14H24N2O/c1-5-10-9-12(16(7-3)8-4)13(15)11(6-2)14(10)17/h9,17H,5-8,15H2,1-4H3. The third kappa shape index (κ3) is 2.48. The summed E-state index contributed by atoms with van der Waals surface area (Å²) in [5.74, 6) is 0.378. The van der Waals surface area contributed by atoms with Gasteiger partial charge in [0.15, 0.2) is 0 Å². The van der Waals surface area contributed by atoms with Crippen LogP contribution in [0.4, 0.5) is 11.4 Å². The number of phenolic OH excluding ortho intramolecular Hbond substituents is 1. The monoisotopic (exact) mass is 236 g/mol. The van der Waals surface area contributed by atoms with E-state index in [1.165, 1.54) is 0 Å². The molecule has 17 heavy (non-hydrogen) atoms. The molecule has 0 aromatic heterocycles. The van der Waals surface area contributed by atoms with Crippen molar-refractivity contribution in [3.8, 4) is 5.75 Å². The van der Waals surface area contributed by atoms with Crippen molar-refractivity contribution in [2.75, 3.05) is 23.7 Å². The number of hydrogen-bond donors (Lipinski definition) is 2. The van der Waals surface area contributed by atoms with Gasteiger partial charge in [-0.3, -0.25) is 0 Å². The van der Waals surface area contributed by atoms with Gasteiger partial charge in [-0.2, -0.15) is 0 Å². The fraction of sp³-hybridized carbons (Fsp3) is 0.571. The average molecular weight is 236 g/mol. The Bertz CT molecular complexity index is 384. The zero-order valence-corrected chi connectivity index (χ0v) is 11.4. The first-order valence-corrected chi connectivity index (χ1v) is 6.48. The molecule has 96 valence electrons. The molecule has 0 saturated heterocycles. The predicted octanol–water partition coefficient (Wildman–Crippen LogP) is 2.95. The van der Waals surface area contributed by atoms with Crippen molar-refractivity contribution in [1.29, 1.82) is 0 Å². The van der Waals surface area contributed by atoms with Crippen molar-refractivity contribution in [2.45, 2.75) is 40.5 Å². The number of nitrogens with zero attached hydrogens (tertiary/aromatic N) is 1. The maximum absolute atomic E-state index is 10.1. The number of nitrogen functional groups attached to an aromatic ring is 1. The first-order chi connectivity index (χ1) is 8.10. The van der Waals surface area contributed by atoms with Crippen molar-refractivity contribution in [3.63, 3.8) is 0 Å². The van der Waals surface area contributed by atoms with Gasteiger partial charge in [0.05, 0.1) is 11.4 Å². The zero-order valence-electron chi connectivity index (χ0n) is 11.4. The number of benzene rings is 1. The van der Waals surface area contributed by atoms with Crippen molar-refractivity contribution in [3.05, 3.63) is 17.2 Å². The first kappa shape index (κ1) is 13.7. The van der Waals surface area contributed by atoms with Gasteiger partial charge >= 0.3 is 0 Å². The summed E-state index contributed by atoms with van der Waals surface area (Å²) in [4.78, 5) is 2.23. The molecule has 3 N–H and O–H groups in total. The third-order valence-electron chi connectivity index (χ3n) is 3.34. The van der Waals surface area contributed by atoms with Crippen LogP contribution < -0.4 is 10.6 Å². The van der Waals surface area contributed by atoms with Crippen LogP contribution in [0.15, 0.2) is 6.07 Å². The number of aryl methyl sites for hydroxylation is 1. The van der Waals surface area contributed by atoms with Gasteiger partial charge in [-0.15, -0.1) is 0 Å². The topological polar surface area (TPSA) is 49.5 Å². The van der Waals surface area contributed by atoms with Gasteiger partial charge in [0.2, 0.25) is 0 Å². The minimum atomic E-state index is 0.378. The Morgan fingerprint density at radius 3 is 2.12 bits per heavy atom. The van der Waals surface area contributed by atoms with E-state index in [9.17, 15) is 5.11 Å². The van der Waals surface area contributed by atoms with Crippen molar-refractivity contribution in [1.82, 2.24) is 0 Å². The molecule has 0 spiro atoms. The lowest BCUT2D eigenvalue weighted by Crippen LogP contribution is -2.23. The van der Waals surface area contributed by atoms with Crippen molar-refractivity contribution < 1.29 is 5.11 Å². The third-order valence-corrected chi connectivity index (χ3v) is 3.34. The maximum atomic E-state index is 10.1. The summed E-state index contributed by atoms with van der Waals surface area (Å²) in [7, 11) is 0. The summed E-state index contributed by atoms with van der Waals surface area (Å²) >= 11 is 0. The molecule has 0 atom stereocenters. The van der Waals surface area contributed by atoms with E-state index in [2.05, 4.69) is 25.7 Å². The van der Waals surface area contributed by atoms with Crippen LogP contribution in [0.1, 0.15) is 38.8 Å². The van der Waals surface area contributed by atoms with E-state index >= 15 is 0 Å². The van der Waals surface area contributed by atoms with Crippen LogP contribution in [-0.2, 0) is 12.8 Å². The minimum Gasteiger partial charge on any atom is -0.507 e. The molecule has 0 bridgehead atoms. The van der Waals surface area contributed by atoms with Gasteiger partial charge in [-0.25, -0.2) is 0 Å². The molecule has 0 aliphatic rings. The number of anilines is 2. The van der Waals surface area contributed by atoms with E-state index in [-0.39, 0.29) is 0 Å². The lowest BCUT2D eigenvalue weighted by atomic mass is 10.0. The van der Waals surface area contributed by atoms with Gasteiger partial charge in [0, 0.05) is 18.7 Å². The molecule has 3 nitrogen and oxygen atoms in total. The summed E-state index contributed by atoms with van der Waals surface area (Å²) < 4.78 is 0. The van der Waals surface area contributed by atoms with E-state index in [1.54, 1.807) is 0 Å². The number of phenols is 1. The Hall–Kier alpha value is -1.38. The Kier molecular flexibility index (Phi) is 4.67. The van der Waals surface area contributed by atoms with Crippen LogP contribution in [-0.4, -0.2) is 18.2 Å². The highest BCUT2D eigenvalue weighted by molar-refractivity contribution is 5.76. The molecular formula is C14H24N2O. The Labute approximate surface area is 104 Å². The SMILES string of the molecule is CCc1cc(N(CC)CC)c(N)c(CC)c1O. The minimum absolute atomic E-state index is 0.378. The molecule has 0 amide bonds. The number of nitrogens with two attached hydrogens (primary N) is 1. The number of aromatic hydroxyl groups is 1. The largest absolute Gasteiger partial charge is 0.507 e. The van der Waals surface area contributed by atoms with Gasteiger partial charge in [-0.05, 0) is 38.3 Å². The summed E-state index contributed by atoms with van der Waals surface area (Å²) in [6.45, 7) is 10.2.